The van der Waals surface area contributed by atoms with Crippen molar-refractivity contribution < 1.29 is 4.79 Å². The van der Waals surface area contributed by atoms with Gasteiger partial charge in [0.25, 0.3) is 0 Å². The molecule has 0 saturated heterocycles. The fourth-order valence-corrected chi connectivity index (χ4v) is 1.74. The number of nitrogens with zero attached hydrogens (tertiary/aromatic N) is 2. The van der Waals surface area contributed by atoms with Crippen LogP contribution in [0.25, 0.3) is 0 Å². The van der Waals surface area contributed by atoms with Crippen molar-refractivity contribution in [2.45, 2.75) is 19.9 Å². The van der Waals surface area contributed by atoms with Gasteiger partial charge in [-0.3, -0.25) is 9.79 Å². The van der Waals surface area contributed by atoms with E-state index in [-0.39, 0.29) is 29.9 Å². The summed E-state index contributed by atoms with van der Waals surface area (Å²) in [5, 5.41) is 6.36. The summed E-state index contributed by atoms with van der Waals surface area (Å²) in [6.07, 6.45) is 0.456. The van der Waals surface area contributed by atoms with Crippen LogP contribution in [-0.2, 0) is 11.3 Å². The maximum absolute atomic E-state index is 11.5. The monoisotopic (exact) mass is 404 g/mol. The lowest BCUT2D eigenvalue weighted by atomic mass is 10.1. The molecule has 0 aromatic heterocycles. The van der Waals surface area contributed by atoms with E-state index in [9.17, 15) is 4.79 Å². The molecule has 21 heavy (non-hydrogen) atoms. The van der Waals surface area contributed by atoms with E-state index in [0.717, 1.165) is 0 Å². The van der Waals surface area contributed by atoms with Gasteiger partial charge in [0.05, 0.1) is 0 Å². The molecule has 0 aliphatic carbocycles. The molecule has 1 aromatic rings. The lowest BCUT2D eigenvalue weighted by Crippen LogP contribution is -2.38. The van der Waals surface area contributed by atoms with Crippen molar-refractivity contribution in [3.05, 3.63) is 35.4 Å². The van der Waals surface area contributed by atoms with Gasteiger partial charge < -0.3 is 15.5 Å². The van der Waals surface area contributed by atoms with Gasteiger partial charge in [0.2, 0.25) is 5.91 Å². The van der Waals surface area contributed by atoms with Gasteiger partial charge >= 0.3 is 0 Å². The van der Waals surface area contributed by atoms with E-state index in [1.165, 1.54) is 11.1 Å². The van der Waals surface area contributed by atoms with Crippen molar-refractivity contribution in [3.8, 4) is 0 Å². The largest absolute Gasteiger partial charge is 0.356 e. The summed E-state index contributed by atoms with van der Waals surface area (Å²) >= 11 is 0. The average Bonchev–Trinajstić information content (AvgIpc) is 2.42. The van der Waals surface area contributed by atoms with Crippen LogP contribution in [0.4, 0.5) is 0 Å². The number of aliphatic imine (C=N–C) groups is 1. The van der Waals surface area contributed by atoms with Crippen LogP contribution in [-0.4, -0.2) is 44.5 Å². The molecule has 0 aliphatic heterocycles. The van der Waals surface area contributed by atoms with Crippen molar-refractivity contribution in [1.29, 1.82) is 0 Å². The predicted molar refractivity (Wildman–Crippen MR) is 98.1 cm³/mol. The number of halogens is 1. The van der Waals surface area contributed by atoms with E-state index in [4.69, 9.17) is 0 Å². The molecular weight excluding hydrogens is 379 g/mol. The van der Waals surface area contributed by atoms with Gasteiger partial charge in [0.15, 0.2) is 5.96 Å². The fourth-order valence-electron chi connectivity index (χ4n) is 1.74. The second-order valence-electron chi connectivity index (χ2n) is 4.88. The molecule has 0 saturated carbocycles. The highest BCUT2D eigenvalue weighted by Crippen LogP contribution is 2.02. The molecule has 0 unspecified atom stereocenters. The number of guanidine groups is 1. The van der Waals surface area contributed by atoms with E-state index in [1.807, 2.05) is 6.07 Å². The zero-order chi connectivity index (χ0) is 15.0. The first kappa shape index (κ1) is 19.7. The van der Waals surface area contributed by atoms with E-state index in [1.54, 1.807) is 26.0 Å². The van der Waals surface area contributed by atoms with Crippen molar-refractivity contribution in [3.63, 3.8) is 0 Å². The van der Waals surface area contributed by atoms with Crippen LogP contribution < -0.4 is 10.6 Å². The van der Waals surface area contributed by atoms with Gasteiger partial charge in [0.1, 0.15) is 0 Å². The smallest absolute Gasteiger partial charge is 0.223 e. The number of carbonyl (C=O) groups excluding carboxylic acids is 1. The number of benzene rings is 1. The highest BCUT2D eigenvalue weighted by Gasteiger charge is 2.04. The molecule has 0 aliphatic rings. The van der Waals surface area contributed by atoms with Crippen molar-refractivity contribution >= 4 is 35.8 Å². The molecule has 6 heteroatoms. The Morgan fingerprint density at radius 1 is 1.29 bits per heavy atom. The van der Waals surface area contributed by atoms with Crippen LogP contribution in [0.2, 0.25) is 0 Å². The molecular formula is C15H25IN4O. The third-order valence-electron chi connectivity index (χ3n) is 2.90. The third kappa shape index (κ3) is 7.89. The first-order valence-corrected chi connectivity index (χ1v) is 6.73. The van der Waals surface area contributed by atoms with Crippen LogP contribution in [0.15, 0.2) is 29.3 Å². The van der Waals surface area contributed by atoms with E-state index in [2.05, 4.69) is 40.7 Å². The molecule has 118 valence electrons. The average molecular weight is 404 g/mol. The summed E-state index contributed by atoms with van der Waals surface area (Å²) in [6, 6.07) is 8.32. The van der Waals surface area contributed by atoms with Crippen molar-refractivity contribution in [2.75, 3.05) is 27.7 Å². The summed E-state index contributed by atoms with van der Waals surface area (Å²) in [5.41, 5.74) is 2.45. The van der Waals surface area contributed by atoms with Crippen LogP contribution in [0.3, 0.4) is 0 Å². The molecule has 5 nitrogen and oxygen atoms in total. The van der Waals surface area contributed by atoms with Crippen molar-refractivity contribution in [1.82, 2.24) is 15.5 Å². The fraction of sp³-hybridized carbons (Fsp3) is 0.467. The van der Waals surface area contributed by atoms with Gasteiger partial charge in [-0.05, 0) is 12.5 Å². The van der Waals surface area contributed by atoms with Crippen molar-refractivity contribution in [2.24, 2.45) is 4.99 Å². The first-order valence-electron chi connectivity index (χ1n) is 6.73. The number of hydrogen-bond donors (Lipinski definition) is 2. The Morgan fingerprint density at radius 3 is 2.57 bits per heavy atom. The van der Waals surface area contributed by atoms with Crippen LogP contribution >= 0.6 is 24.0 Å². The Balaban J connectivity index is 0.00000400. The third-order valence-corrected chi connectivity index (χ3v) is 2.90. The summed E-state index contributed by atoms with van der Waals surface area (Å²) in [5.74, 6) is 0.810. The van der Waals surface area contributed by atoms with Gasteiger partial charge in [-0.1, -0.05) is 29.8 Å². The Morgan fingerprint density at radius 2 is 2.00 bits per heavy atom. The summed E-state index contributed by atoms with van der Waals surface area (Å²) in [6.45, 7) is 3.36. The first-order chi connectivity index (χ1) is 9.52. The van der Waals surface area contributed by atoms with Crippen LogP contribution in [0, 0.1) is 6.92 Å². The second kappa shape index (κ2) is 10.4. The topological polar surface area (TPSA) is 56.7 Å². The highest BCUT2D eigenvalue weighted by molar-refractivity contribution is 14.0. The zero-order valence-electron chi connectivity index (χ0n) is 13.1. The standard InChI is InChI=1S/C15H24N4O.HI/c1-12-6-5-7-13(10-12)11-18-15(16-2)17-9-8-14(20)19(3)4;/h5-7,10H,8-9,11H2,1-4H3,(H2,16,17,18);1H. The number of hydrogen-bond acceptors (Lipinski definition) is 2. The Hall–Kier alpha value is -1.31. The maximum Gasteiger partial charge on any atom is 0.223 e. The predicted octanol–water partition coefficient (Wildman–Crippen LogP) is 1.76. The van der Waals surface area contributed by atoms with Crippen LogP contribution in [0.1, 0.15) is 17.5 Å². The highest BCUT2D eigenvalue weighted by atomic mass is 127. The molecule has 1 aromatic carbocycles. The van der Waals surface area contributed by atoms with Crippen LogP contribution in [0.5, 0.6) is 0 Å². The van der Waals surface area contributed by atoms with Gasteiger partial charge in [-0.2, -0.15) is 0 Å². The number of carbonyl (C=O) groups is 1. The molecule has 1 rings (SSSR count). The number of aryl methyl sites for hydroxylation is 1. The molecule has 0 atom stereocenters. The molecule has 0 heterocycles. The summed E-state index contributed by atoms with van der Waals surface area (Å²) in [4.78, 5) is 17.2. The Labute approximate surface area is 144 Å². The lowest BCUT2D eigenvalue weighted by molar-refractivity contribution is -0.128. The second-order valence-corrected chi connectivity index (χ2v) is 4.88. The normalized spacial score (nSPS) is 10.6. The number of nitrogens with one attached hydrogen (secondary N) is 2. The number of rotatable bonds is 5. The van der Waals surface area contributed by atoms with Gasteiger partial charge in [-0.25, -0.2) is 0 Å². The molecule has 0 radical (unpaired) electrons. The number of amides is 1. The van der Waals surface area contributed by atoms with Gasteiger partial charge in [-0.15, -0.1) is 24.0 Å². The molecule has 0 fully saturated rings. The van der Waals surface area contributed by atoms with E-state index >= 15 is 0 Å². The minimum absolute atomic E-state index is 0. The zero-order valence-corrected chi connectivity index (χ0v) is 15.5. The van der Waals surface area contributed by atoms with Gasteiger partial charge in [0, 0.05) is 40.7 Å². The lowest BCUT2D eigenvalue weighted by Gasteiger charge is -2.13. The molecule has 0 spiro atoms. The molecule has 2 N–H and O–H groups in total. The van der Waals surface area contributed by atoms with E-state index in [0.29, 0.717) is 25.5 Å². The Bertz CT molecular complexity index is 474. The maximum atomic E-state index is 11.5. The minimum atomic E-state index is 0. The summed E-state index contributed by atoms with van der Waals surface area (Å²) < 4.78 is 0. The molecule has 1 amide bonds. The Kier molecular flexibility index (Phi) is 9.77. The minimum Gasteiger partial charge on any atom is -0.356 e. The van der Waals surface area contributed by atoms with E-state index < -0.39 is 0 Å². The molecule has 0 bridgehead atoms. The quantitative estimate of drug-likeness (QED) is 0.447. The SMILES string of the molecule is CN=C(NCCC(=O)N(C)C)NCc1cccc(C)c1.I. The summed E-state index contributed by atoms with van der Waals surface area (Å²) in [7, 11) is 5.24.